The van der Waals surface area contributed by atoms with Crippen LogP contribution in [0.1, 0.15) is 37.3 Å². The molecule has 3 heteroatoms. The molecular formula is C19H23ClN2. The quantitative estimate of drug-likeness (QED) is 0.797. The van der Waals surface area contributed by atoms with Gasteiger partial charge in [-0.1, -0.05) is 36.4 Å². The number of piperidine rings is 2. The van der Waals surface area contributed by atoms with Gasteiger partial charge in [0.05, 0.1) is 5.69 Å². The Morgan fingerprint density at radius 1 is 0.955 bits per heavy atom. The minimum Gasteiger partial charge on any atom is -0.296 e. The van der Waals surface area contributed by atoms with Gasteiger partial charge in [0.15, 0.2) is 0 Å². The highest BCUT2D eigenvalue weighted by atomic mass is 35.5. The second kappa shape index (κ2) is 6.39. The van der Waals surface area contributed by atoms with Crippen molar-refractivity contribution in [3.63, 3.8) is 0 Å². The number of pyridine rings is 1. The third-order valence-electron chi connectivity index (χ3n) is 5.40. The van der Waals surface area contributed by atoms with Crippen LogP contribution < -0.4 is 0 Å². The highest BCUT2D eigenvalue weighted by Crippen LogP contribution is 2.46. The molecule has 1 aromatic carbocycles. The zero-order valence-corrected chi connectivity index (χ0v) is 13.8. The Kier molecular flexibility index (Phi) is 4.51. The summed E-state index contributed by atoms with van der Waals surface area (Å²) in [4.78, 5) is 7.31. The highest BCUT2D eigenvalue weighted by molar-refractivity contribution is 5.85. The Labute approximate surface area is 139 Å². The van der Waals surface area contributed by atoms with Gasteiger partial charge >= 0.3 is 0 Å². The fourth-order valence-electron chi connectivity index (χ4n) is 4.25. The number of benzene rings is 1. The predicted octanol–water partition coefficient (Wildman–Crippen LogP) is 4.72. The van der Waals surface area contributed by atoms with E-state index in [0.29, 0.717) is 6.04 Å². The third-order valence-corrected chi connectivity index (χ3v) is 5.40. The van der Waals surface area contributed by atoms with Gasteiger partial charge in [-0.2, -0.15) is 0 Å². The van der Waals surface area contributed by atoms with E-state index in [1.54, 1.807) is 0 Å². The molecule has 2 bridgehead atoms. The molecular weight excluding hydrogens is 292 g/mol. The predicted molar refractivity (Wildman–Crippen MR) is 93.2 cm³/mol. The number of nitrogens with zero attached hydrogens (tertiary/aromatic N) is 2. The summed E-state index contributed by atoms with van der Waals surface area (Å²) < 4.78 is 0. The number of rotatable bonds is 2. The molecule has 1 saturated carbocycles. The first-order valence-electron chi connectivity index (χ1n) is 8.06. The van der Waals surface area contributed by atoms with Crippen molar-refractivity contribution in [3.8, 4) is 11.3 Å². The van der Waals surface area contributed by atoms with Crippen LogP contribution in [0, 0.1) is 5.92 Å². The van der Waals surface area contributed by atoms with E-state index >= 15 is 0 Å². The molecule has 22 heavy (non-hydrogen) atoms. The first-order chi connectivity index (χ1) is 10.3. The number of fused-ring (bicyclic) bond motifs is 3. The van der Waals surface area contributed by atoms with Crippen LogP contribution in [0.15, 0.2) is 48.7 Å². The van der Waals surface area contributed by atoms with Gasteiger partial charge in [-0.3, -0.25) is 9.88 Å². The number of halogens is 1. The van der Waals surface area contributed by atoms with Crippen molar-refractivity contribution in [2.45, 2.75) is 37.8 Å². The smallest absolute Gasteiger partial charge is 0.0702 e. The van der Waals surface area contributed by atoms with Gasteiger partial charge in [0, 0.05) is 23.8 Å². The molecule has 2 saturated heterocycles. The van der Waals surface area contributed by atoms with Crippen molar-refractivity contribution in [1.82, 2.24) is 9.88 Å². The summed E-state index contributed by atoms with van der Waals surface area (Å²) in [6.07, 6.45) is 7.64. The monoisotopic (exact) mass is 314 g/mol. The molecule has 0 radical (unpaired) electrons. The van der Waals surface area contributed by atoms with Crippen molar-refractivity contribution < 1.29 is 0 Å². The fraction of sp³-hybridized carbons (Fsp3) is 0.421. The molecule has 116 valence electrons. The summed E-state index contributed by atoms with van der Waals surface area (Å²) in [7, 11) is 2.30. The van der Waals surface area contributed by atoms with Crippen LogP contribution in [0.3, 0.4) is 0 Å². The van der Waals surface area contributed by atoms with Crippen LogP contribution in [0.4, 0.5) is 0 Å². The van der Waals surface area contributed by atoms with Crippen molar-refractivity contribution in [1.29, 1.82) is 0 Å². The van der Waals surface area contributed by atoms with Crippen LogP contribution in [-0.2, 0) is 0 Å². The maximum atomic E-state index is 4.72. The van der Waals surface area contributed by atoms with Crippen molar-refractivity contribution >= 4 is 12.4 Å². The van der Waals surface area contributed by atoms with Gasteiger partial charge < -0.3 is 0 Å². The SMILES string of the molecule is CN1C2CCC(CC2)C1c1ccc(-c2ccccc2)nc1.Cl. The van der Waals surface area contributed by atoms with E-state index in [9.17, 15) is 0 Å². The maximum Gasteiger partial charge on any atom is 0.0702 e. The van der Waals surface area contributed by atoms with E-state index in [1.165, 1.54) is 36.8 Å². The lowest BCUT2D eigenvalue weighted by Crippen LogP contribution is -2.47. The first kappa shape index (κ1) is 15.5. The highest BCUT2D eigenvalue weighted by Gasteiger charge is 2.40. The summed E-state index contributed by atoms with van der Waals surface area (Å²) in [5.41, 5.74) is 3.66. The van der Waals surface area contributed by atoms with E-state index in [2.05, 4.69) is 54.5 Å². The lowest BCUT2D eigenvalue weighted by Gasteiger charge is -2.50. The molecule has 1 aromatic heterocycles. The molecule has 1 atom stereocenters. The van der Waals surface area contributed by atoms with E-state index in [-0.39, 0.29) is 12.4 Å². The van der Waals surface area contributed by atoms with Gasteiger partial charge in [-0.15, -0.1) is 12.4 Å². The van der Waals surface area contributed by atoms with Crippen LogP contribution >= 0.6 is 12.4 Å². The molecule has 0 N–H and O–H groups in total. The summed E-state index contributed by atoms with van der Waals surface area (Å²) in [5, 5.41) is 0. The van der Waals surface area contributed by atoms with Crippen molar-refractivity contribution in [2.24, 2.45) is 5.92 Å². The first-order valence-corrected chi connectivity index (χ1v) is 8.06. The molecule has 2 aliphatic heterocycles. The van der Waals surface area contributed by atoms with Crippen LogP contribution in [-0.4, -0.2) is 23.0 Å². The molecule has 1 aliphatic carbocycles. The van der Waals surface area contributed by atoms with Crippen LogP contribution in [0.2, 0.25) is 0 Å². The van der Waals surface area contributed by atoms with E-state index in [1.807, 2.05) is 6.07 Å². The molecule has 3 aliphatic rings. The molecule has 2 nitrogen and oxygen atoms in total. The third kappa shape index (κ3) is 2.66. The molecule has 0 spiro atoms. The van der Waals surface area contributed by atoms with Crippen molar-refractivity contribution in [3.05, 3.63) is 54.2 Å². The number of aromatic nitrogens is 1. The average Bonchev–Trinajstić information content (AvgIpc) is 2.57. The Hall–Kier alpha value is -1.38. The molecule has 2 aromatic rings. The van der Waals surface area contributed by atoms with Crippen LogP contribution in [0.25, 0.3) is 11.3 Å². The maximum absolute atomic E-state index is 4.72. The minimum atomic E-state index is 0. The summed E-state index contributed by atoms with van der Waals surface area (Å²) in [6.45, 7) is 0. The Morgan fingerprint density at radius 2 is 1.68 bits per heavy atom. The average molecular weight is 315 g/mol. The van der Waals surface area contributed by atoms with Gasteiger partial charge in [-0.25, -0.2) is 0 Å². The number of hydrogen-bond donors (Lipinski definition) is 0. The van der Waals surface area contributed by atoms with Gasteiger partial charge in [0.2, 0.25) is 0 Å². The molecule has 3 heterocycles. The second-order valence-corrected chi connectivity index (χ2v) is 6.52. The summed E-state index contributed by atoms with van der Waals surface area (Å²) in [5.74, 6) is 0.823. The van der Waals surface area contributed by atoms with Crippen molar-refractivity contribution in [2.75, 3.05) is 7.05 Å². The normalized spacial score (nSPS) is 27.4. The second-order valence-electron chi connectivity index (χ2n) is 6.52. The fourth-order valence-corrected chi connectivity index (χ4v) is 4.25. The van der Waals surface area contributed by atoms with E-state index in [0.717, 1.165) is 17.7 Å². The lowest BCUT2D eigenvalue weighted by molar-refractivity contribution is 0.00716. The minimum absolute atomic E-state index is 0. The van der Waals surface area contributed by atoms with Gasteiger partial charge in [0.25, 0.3) is 0 Å². The van der Waals surface area contributed by atoms with E-state index < -0.39 is 0 Å². The topological polar surface area (TPSA) is 16.1 Å². The van der Waals surface area contributed by atoms with Gasteiger partial charge in [0.1, 0.15) is 0 Å². The molecule has 0 amide bonds. The molecule has 1 unspecified atom stereocenters. The Balaban J connectivity index is 0.00000144. The summed E-state index contributed by atoms with van der Waals surface area (Å²) in [6, 6.07) is 16.3. The standard InChI is InChI=1S/C19H22N2.ClH/c1-21-17-10-7-15(8-11-17)19(21)16-9-12-18(20-13-16)14-5-3-2-4-6-14;/h2-6,9,12-13,15,17,19H,7-8,10-11H2,1H3;1H. The van der Waals surface area contributed by atoms with E-state index in [4.69, 9.17) is 4.98 Å². The zero-order valence-electron chi connectivity index (χ0n) is 13.0. The largest absolute Gasteiger partial charge is 0.296 e. The molecule has 5 rings (SSSR count). The van der Waals surface area contributed by atoms with Gasteiger partial charge in [-0.05, 0) is 50.3 Å². The summed E-state index contributed by atoms with van der Waals surface area (Å²) >= 11 is 0. The Bertz CT molecular complexity index is 601. The zero-order chi connectivity index (χ0) is 14.2. The number of hydrogen-bond acceptors (Lipinski definition) is 2. The lowest BCUT2D eigenvalue weighted by atomic mass is 9.73. The molecule has 3 fully saturated rings. The Morgan fingerprint density at radius 3 is 2.27 bits per heavy atom. The van der Waals surface area contributed by atoms with Crippen LogP contribution in [0.5, 0.6) is 0 Å².